The predicted molar refractivity (Wildman–Crippen MR) is 227 cm³/mol. The summed E-state index contributed by atoms with van der Waals surface area (Å²) in [6, 6.07) is 9.90. The topological polar surface area (TPSA) is 180 Å². The average molecular weight is 844 g/mol. The van der Waals surface area contributed by atoms with Crippen LogP contribution in [-0.4, -0.2) is 95.7 Å². The van der Waals surface area contributed by atoms with Crippen molar-refractivity contribution in [2.24, 2.45) is 0 Å². The minimum absolute atomic E-state index is 0. The molecule has 0 spiro atoms. The molecule has 1 unspecified atom stereocenters. The summed E-state index contributed by atoms with van der Waals surface area (Å²) in [5.41, 5.74) is 3.78. The van der Waals surface area contributed by atoms with E-state index in [0.717, 1.165) is 42.8 Å². The normalized spacial score (nSPS) is 18.9. The Kier molecular flexibility index (Phi) is 14.5. The second-order valence-corrected chi connectivity index (χ2v) is 15.7. The van der Waals surface area contributed by atoms with Gasteiger partial charge < -0.3 is 29.5 Å². The number of imide groups is 1. The Morgan fingerprint density at radius 1 is 0.983 bits per heavy atom. The summed E-state index contributed by atoms with van der Waals surface area (Å²) in [5.74, 6) is 0.778. The molecule has 2 fully saturated rings. The van der Waals surface area contributed by atoms with Gasteiger partial charge in [0.25, 0.3) is 5.91 Å². The molecule has 60 heavy (non-hydrogen) atoms. The first-order valence-corrected chi connectivity index (χ1v) is 20.8. The van der Waals surface area contributed by atoms with E-state index in [1.807, 2.05) is 19.1 Å². The van der Waals surface area contributed by atoms with E-state index in [1.165, 1.54) is 4.90 Å². The van der Waals surface area contributed by atoms with Crippen LogP contribution in [0.1, 0.15) is 122 Å². The van der Waals surface area contributed by atoms with Crippen LogP contribution >= 0.6 is 12.4 Å². The summed E-state index contributed by atoms with van der Waals surface area (Å²) in [5, 5.41) is 5.22. The smallest absolute Gasteiger partial charge is 0.255 e. The summed E-state index contributed by atoms with van der Waals surface area (Å²) in [6.07, 6.45) is 10.1. The van der Waals surface area contributed by atoms with E-state index >= 15 is 0 Å². The Bertz CT molecular complexity index is 2130. The van der Waals surface area contributed by atoms with Gasteiger partial charge in [0.05, 0.1) is 13.3 Å². The van der Waals surface area contributed by atoms with E-state index < -0.39 is 11.9 Å². The Morgan fingerprint density at radius 2 is 1.77 bits per heavy atom. The van der Waals surface area contributed by atoms with E-state index in [0.29, 0.717) is 85.7 Å². The molecule has 2 N–H and O–H groups in total. The van der Waals surface area contributed by atoms with Gasteiger partial charge >= 0.3 is 0 Å². The fourth-order valence-electron chi connectivity index (χ4n) is 8.72. The van der Waals surface area contributed by atoms with Crippen molar-refractivity contribution in [3.05, 3.63) is 70.7 Å². The number of nitrogens with zero attached hydrogens (tertiary/aromatic N) is 5. The number of methoxy groups -OCH3 is 1. The molecule has 1 aromatic heterocycles. The van der Waals surface area contributed by atoms with Crippen molar-refractivity contribution >= 4 is 64.9 Å². The molecule has 7 rings (SSSR count). The number of unbranched alkanes of at least 4 members (excludes halogenated alkanes) is 1. The van der Waals surface area contributed by atoms with Crippen LogP contribution < -0.4 is 25.2 Å². The number of likely N-dealkylation sites (N-methyl/N-ethyl adjacent to an activating group) is 1. The van der Waals surface area contributed by atoms with Crippen LogP contribution in [0.4, 0.5) is 17.2 Å². The van der Waals surface area contributed by atoms with Gasteiger partial charge in [0.15, 0.2) is 11.6 Å². The lowest BCUT2D eigenvalue weighted by atomic mass is 10.0. The van der Waals surface area contributed by atoms with Crippen molar-refractivity contribution in [2.45, 2.75) is 115 Å². The summed E-state index contributed by atoms with van der Waals surface area (Å²) in [7, 11) is 3.38. The van der Waals surface area contributed by atoms with Gasteiger partial charge in [0, 0.05) is 86.5 Å². The van der Waals surface area contributed by atoms with Crippen LogP contribution in [0.2, 0.25) is 0 Å². The number of piperidine rings is 1. The van der Waals surface area contributed by atoms with Crippen molar-refractivity contribution in [3.63, 3.8) is 0 Å². The minimum Gasteiger partial charge on any atom is -0.496 e. The van der Waals surface area contributed by atoms with Crippen LogP contribution in [0.15, 0.2) is 42.6 Å². The number of hydrogen-bond donors (Lipinski definition) is 2. The SMILES string of the molecule is CC[C@@H]1C(=O)N(C)c2cnc(Cc3ccc(C(=O)CCCOCCCCC(=O)Nc4cccc5c4CN(C4CCC(=O)NC4=O)C5=O)cc3OC)nc2N1C1CCCC1.Cl. The molecule has 16 heteroatoms. The Labute approximate surface area is 356 Å². The number of rotatable bonds is 17. The standard InChI is InChI=1S/C44H53N7O8.ClH/c1-4-33-44(57)49(2)35-25-45-38(47-41(35)51(33)29-11-5-6-12-29)24-28-18-17-27(23-37(28)58-3)36(52)15-10-22-59-21-8-7-16-39(53)46-32-14-9-13-30-31(32)26-50(43(30)56)34-19-20-40(54)48-42(34)55;/h9,13-14,17-18,23,25,29,33-34H,4-8,10-12,15-16,19-22,24,26H2,1-3H3,(H,46,53)(H,48,54,55);1H/t33-,34?;/m1./s1. The second-order valence-electron chi connectivity index (χ2n) is 15.7. The third-order valence-corrected chi connectivity index (χ3v) is 11.9. The molecule has 15 nitrogen and oxygen atoms in total. The molecule has 4 aliphatic rings. The first-order valence-electron chi connectivity index (χ1n) is 20.8. The zero-order chi connectivity index (χ0) is 41.6. The van der Waals surface area contributed by atoms with Crippen molar-refractivity contribution in [1.29, 1.82) is 0 Å². The average Bonchev–Trinajstić information content (AvgIpc) is 3.89. The van der Waals surface area contributed by atoms with E-state index in [4.69, 9.17) is 14.5 Å². The number of carbonyl (C=O) groups is 6. The highest BCUT2D eigenvalue weighted by atomic mass is 35.5. The van der Waals surface area contributed by atoms with Gasteiger partial charge in [-0.15, -0.1) is 12.4 Å². The third kappa shape index (κ3) is 9.47. The number of nitrogens with one attached hydrogen (secondary N) is 2. The summed E-state index contributed by atoms with van der Waals surface area (Å²) >= 11 is 0. The molecule has 5 amide bonds. The predicted octanol–water partition coefficient (Wildman–Crippen LogP) is 5.55. The zero-order valence-corrected chi connectivity index (χ0v) is 35.3. The number of ether oxygens (including phenoxy) is 2. The van der Waals surface area contributed by atoms with Gasteiger partial charge in [-0.25, -0.2) is 9.97 Å². The number of anilines is 3. The molecular formula is C44H54ClN7O8. The maximum absolute atomic E-state index is 13.3. The third-order valence-electron chi connectivity index (χ3n) is 11.9. The Balaban J connectivity index is 0.00000604. The highest BCUT2D eigenvalue weighted by molar-refractivity contribution is 6.07. The maximum atomic E-state index is 13.3. The molecule has 4 heterocycles. The molecule has 3 aliphatic heterocycles. The summed E-state index contributed by atoms with van der Waals surface area (Å²) < 4.78 is 11.5. The first-order chi connectivity index (χ1) is 28.6. The number of halogens is 1. The molecule has 320 valence electrons. The number of amides is 5. The number of benzene rings is 2. The maximum Gasteiger partial charge on any atom is 0.255 e. The number of fused-ring (bicyclic) bond motifs is 2. The summed E-state index contributed by atoms with van der Waals surface area (Å²) in [6.45, 7) is 3.09. The zero-order valence-electron chi connectivity index (χ0n) is 34.5. The highest BCUT2D eigenvalue weighted by Crippen LogP contribution is 2.40. The Hall–Kier alpha value is -5.41. The number of aromatic nitrogens is 2. The molecule has 1 aliphatic carbocycles. The fraction of sp³-hybridized carbons (Fsp3) is 0.500. The monoisotopic (exact) mass is 843 g/mol. The summed E-state index contributed by atoms with van der Waals surface area (Å²) in [4.78, 5) is 91.3. The number of hydrogen-bond acceptors (Lipinski definition) is 11. The lowest BCUT2D eigenvalue weighted by molar-refractivity contribution is -0.137. The van der Waals surface area contributed by atoms with E-state index in [2.05, 4.69) is 20.5 Å². The molecule has 0 bridgehead atoms. The second kappa shape index (κ2) is 19.8. The van der Waals surface area contributed by atoms with Gasteiger partial charge in [-0.1, -0.05) is 38.0 Å². The van der Waals surface area contributed by atoms with Crippen LogP contribution in [0.25, 0.3) is 0 Å². The van der Waals surface area contributed by atoms with Crippen LogP contribution in [0, 0.1) is 0 Å². The molecule has 3 aromatic rings. The molecule has 1 saturated carbocycles. The quantitative estimate of drug-likeness (QED) is 0.0989. The molecule has 2 aromatic carbocycles. The lowest BCUT2D eigenvalue weighted by Crippen LogP contribution is -2.55. The lowest BCUT2D eigenvalue weighted by Gasteiger charge is -2.43. The van der Waals surface area contributed by atoms with Gasteiger partial charge in [-0.2, -0.15) is 0 Å². The number of ketones is 1. The highest BCUT2D eigenvalue weighted by Gasteiger charge is 2.42. The van der Waals surface area contributed by atoms with Gasteiger partial charge in [-0.3, -0.25) is 34.1 Å². The number of Topliss-reactive ketones (excluding diaryl/α,β-unsaturated/α-hetero) is 1. The Morgan fingerprint density at radius 3 is 2.52 bits per heavy atom. The van der Waals surface area contributed by atoms with Crippen molar-refractivity contribution in [1.82, 2.24) is 20.2 Å². The molecule has 2 atom stereocenters. The largest absolute Gasteiger partial charge is 0.496 e. The van der Waals surface area contributed by atoms with Crippen LogP contribution in [0.3, 0.4) is 0 Å². The van der Waals surface area contributed by atoms with Crippen molar-refractivity contribution in [2.75, 3.05) is 42.5 Å². The van der Waals surface area contributed by atoms with E-state index in [9.17, 15) is 28.8 Å². The van der Waals surface area contributed by atoms with Gasteiger partial charge in [0.2, 0.25) is 23.6 Å². The first kappa shape index (κ1) is 44.2. The molecular weight excluding hydrogens is 790 g/mol. The van der Waals surface area contributed by atoms with Gasteiger partial charge in [-0.05, 0) is 63.1 Å². The minimum atomic E-state index is -0.724. The van der Waals surface area contributed by atoms with Crippen LogP contribution in [0.5, 0.6) is 5.75 Å². The molecule has 1 saturated heterocycles. The van der Waals surface area contributed by atoms with Crippen molar-refractivity contribution < 1.29 is 38.2 Å². The van der Waals surface area contributed by atoms with Crippen LogP contribution in [-0.2, 0) is 36.9 Å². The molecule has 0 radical (unpaired) electrons. The van der Waals surface area contributed by atoms with E-state index in [-0.39, 0.29) is 79.7 Å². The van der Waals surface area contributed by atoms with Gasteiger partial charge in [0.1, 0.15) is 29.3 Å². The van der Waals surface area contributed by atoms with E-state index in [1.54, 1.807) is 49.5 Å². The fourth-order valence-corrected chi connectivity index (χ4v) is 8.72. The number of carbonyl (C=O) groups excluding carboxylic acids is 6. The van der Waals surface area contributed by atoms with Crippen molar-refractivity contribution in [3.8, 4) is 5.75 Å².